The maximum Gasteiger partial charge on any atom is 0.275 e. The van der Waals surface area contributed by atoms with Crippen LogP contribution < -0.4 is 10.9 Å². The van der Waals surface area contributed by atoms with Gasteiger partial charge in [0.1, 0.15) is 0 Å². The molecular formula is C15H13N7O2S. The Kier molecular flexibility index (Phi) is 3.94. The summed E-state index contributed by atoms with van der Waals surface area (Å²) in [6.07, 6.45) is 4.03. The fourth-order valence-corrected chi connectivity index (χ4v) is 3.02. The number of fused-ring (bicyclic) bond motifs is 1. The van der Waals surface area contributed by atoms with E-state index < -0.39 is 0 Å². The van der Waals surface area contributed by atoms with Crippen molar-refractivity contribution >= 4 is 21.4 Å². The van der Waals surface area contributed by atoms with Gasteiger partial charge >= 0.3 is 0 Å². The Morgan fingerprint density at radius 3 is 2.92 bits per heavy atom. The van der Waals surface area contributed by atoms with Crippen molar-refractivity contribution in [2.45, 2.75) is 19.9 Å². The second-order valence-corrected chi connectivity index (χ2v) is 6.10. The maximum absolute atomic E-state index is 12.0. The highest BCUT2D eigenvalue weighted by Crippen LogP contribution is 2.18. The smallest absolute Gasteiger partial charge is 0.275 e. The lowest BCUT2D eigenvalue weighted by molar-refractivity contribution is 0.384. The molecule has 4 aromatic rings. The highest BCUT2D eigenvalue weighted by Gasteiger charge is 2.11. The number of hydrogen-bond acceptors (Lipinski definition) is 9. The van der Waals surface area contributed by atoms with E-state index in [4.69, 9.17) is 4.52 Å². The molecule has 0 aliphatic rings. The van der Waals surface area contributed by atoms with Gasteiger partial charge < -0.3 is 9.84 Å². The van der Waals surface area contributed by atoms with Gasteiger partial charge in [-0.25, -0.2) is 4.98 Å². The summed E-state index contributed by atoms with van der Waals surface area (Å²) in [6.45, 7) is 2.25. The van der Waals surface area contributed by atoms with Gasteiger partial charge in [-0.1, -0.05) is 23.4 Å². The van der Waals surface area contributed by atoms with E-state index in [2.05, 4.69) is 30.5 Å². The zero-order valence-corrected chi connectivity index (χ0v) is 14.0. The molecule has 0 radical (unpaired) electrons. The second kappa shape index (κ2) is 6.40. The molecule has 0 aliphatic heterocycles. The van der Waals surface area contributed by atoms with Crippen LogP contribution in [0.2, 0.25) is 0 Å². The van der Waals surface area contributed by atoms with Crippen molar-refractivity contribution in [3.05, 3.63) is 52.5 Å². The summed E-state index contributed by atoms with van der Waals surface area (Å²) in [7, 11) is 0. The van der Waals surface area contributed by atoms with Crippen molar-refractivity contribution in [3.8, 4) is 11.4 Å². The van der Waals surface area contributed by atoms with Gasteiger partial charge in [-0.2, -0.15) is 9.50 Å². The normalized spacial score (nSPS) is 11.1. The molecule has 0 fully saturated rings. The van der Waals surface area contributed by atoms with E-state index in [0.717, 1.165) is 11.3 Å². The van der Waals surface area contributed by atoms with E-state index >= 15 is 0 Å². The largest absolute Gasteiger partial charge is 0.351 e. The summed E-state index contributed by atoms with van der Waals surface area (Å²) in [6, 6.07) is 5.10. The molecule has 126 valence electrons. The topological polar surface area (TPSA) is 111 Å². The molecule has 9 nitrogen and oxygen atoms in total. The molecule has 0 unspecified atom stereocenters. The minimum absolute atomic E-state index is 0.191. The number of nitrogens with one attached hydrogen (secondary N) is 1. The Morgan fingerprint density at radius 2 is 2.12 bits per heavy atom. The highest BCUT2D eigenvalue weighted by atomic mass is 32.1. The van der Waals surface area contributed by atoms with Crippen LogP contribution >= 0.6 is 11.3 Å². The first-order valence-electron chi connectivity index (χ1n) is 7.59. The van der Waals surface area contributed by atoms with Gasteiger partial charge in [0.15, 0.2) is 0 Å². The first-order valence-corrected chi connectivity index (χ1v) is 8.41. The quantitative estimate of drug-likeness (QED) is 0.576. The number of pyridine rings is 1. The molecule has 0 saturated heterocycles. The van der Waals surface area contributed by atoms with E-state index in [1.807, 2.05) is 6.92 Å². The fraction of sp³-hybridized carbons (Fsp3) is 0.200. The van der Waals surface area contributed by atoms with Crippen molar-refractivity contribution < 1.29 is 4.52 Å². The van der Waals surface area contributed by atoms with Crippen LogP contribution in [0.15, 0.2) is 39.9 Å². The number of anilines is 1. The zero-order valence-electron chi connectivity index (χ0n) is 13.2. The van der Waals surface area contributed by atoms with E-state index in [9.17, 15) is 4.79 Å². The van der Waals surface area contributed by atoms with E-state index in [1.165, 1.54) is 21.9 Å². The van der Waals surface area contributed by atoms with Crippen molar-refractivity contribution in [1.29, 1.82) is 0 Å². The van der Waals surface area contributed by atoms with Crippen LogP contribution in [-0.2, 0) is 13.0 Å². The minimum atomic E-state index is -0.191. The molecule has 0 spiro atoms. The summed E-state index contributed by atoms with van der Waals surface area (Å²) in [5, 5.41) is 11.8. The number of aromatic nitrogens is 6. The Balaban J connectivity index is 1.52. The lowest BCUT2D eigenvalue weighted by Gasteiger charge is -1.95. The third kappa shape index (κ3) is 3.11. The number of nitrogens with zero attached hydrogens (tertiary/aromatic N) is 6. The van der Waals surface area contributed by atoms with E-state index in [-0.39, 0.29) is 5.56 Å². The zero-order chi connectivity index (χ0) is 17.2. The van der Waals surface area contributed by atoms with Gasteiger partial charge in [0, 0.05) is 29.7 Å². The Bertz CT molecular complexity index is 1070. The summed E-state index contributed by atoms with van der Waals surface area (Å²) in [5.41, 5.74) is 1.39. The molecule has 0 saturated carbocycles. The summed E-state index contributed by atoms with van der Waals surface area (Å²) < 4.78 is 6.50. The maximum atomic E-state index is 12.0. The molecule has 4 aromatic heterocycles. The summed E-state index contributed by atoms with van der Waals surface area (Å²) in [4.78, 5) is 25.2. The van der Waals surface area contributed by atoms with Crippen LogP contribution in [0, 0.1) is 0 Å². The molecule has 0 aromatic carbocycles. The average Bonchev–Trinajstić information content (AvgIpc) is 3.27. The van der Waals surface area contributed by atoms with Crippen molar-refractivity contribution in [2.75, 3.05) is 5.32 Å². The lowest BCUT2D eigenvalue weighted by atomic mass is 10.2. The molecule has 1 N–H and O–H groups in total. The number of hydrogen-bond donors (Lipinski definition) is 1. The summed E-state index contributed by atoms with van der Waals surface area (Å²) in [5.74, 6) is 0.912. The molecule has 10 heteroatoms. The molecule has 0 aliphatic carbocycles. The Labute approximate surface area is 145 Å². The van der Waals surface area contributed by atoms with Crippen molar-refractivity contribution in [1.82, 2.24) is 29.7 Å². The highest BCUT2D eigenvalue weighted by molar-refractivity contribution is 7.20. The van der Waals surface area contributed by atoms with Crippen molar-refractivity contribution in [2.24, 2.45) is 0 Å². The first kappa shape index (κ1) is 15.4. The number of rotatable bonds is 5. The molecule has 0 atom stereocenters. The van der Waals surface area contributed by atoms with Gasteiger partial charge in [0.2, 0.25) is 21.8 Å². The SMILES string of the molecule is CCc1cc(=O)n2nc(NCc3nc(-c4ccncc4)no3)sc2n1. The van der Waals surface area contributed by atoms with Crippen LogP contribution in [0.5, 0.6) is 0 Å². The molecule has 25 heavy (non-hydrogen) atoms. The van der Waals surface area contributed by atoms with Crippen LogP contribution in [0.3, 0.4) is 0 Å². The van der Waals surface area contributed by atoms with Gasteiger partial charge in [-0.05, 0) is 18.6 Å². The standard InChI is InChI=1S/C15H13N7O2S/c1-2-10-7-12(23)22-15(18-10)25-14(20-22)17-8-11-19-13(21-24-11)9-3-5-16-6-4-9/h3-7H,2,8H2,1H3,(H,17,20). The monoisotopic (exact) mass is 355 g/mol. The van der Waals surface area contributed by atoms with Crippen LogP contribution in [-0.4, -0.2) is 29.7 Å². The fourth-order valence-electron chi connectivity index (χ4n) is 2.20. The van der Waals surface area contributed by atoms with Crippen LogP contribution in [0.1, 0.15) is 18.5 Å². The third-order valence-corrected chi connectivity index (χ3v) is 4.32. The van der Waals surface area contributed by atoms with Gasteiger partial charge in [-0.15, -0.1) is 5.10 Å². The molecule has 4 heterocycles. The summed E-state index contributed by atoms with van der Waals surface area (Å²) >= 11 is 1.29. The van der Waals surface area contributed by atoms with E-state index in [0.29, 0.717) is 34.8 Å². The Morgan fingerprint density at radius 1 is 1.28 bits per heavy atom. The van der Waals surface area contributed by atoms with Gasteiger partial charge in [0.05, 0.1) is 6.54 Å². The number of aryl methyl sites for hydroxylation is 1. The van der Waals surface area contributed by atoms with Crippen molar-refractivity contribution in [3.63, 3.8) is 0 Å². The van der Waals surface area contributed by atoms with Gasteiger partial charge in [-0.3, -0.25) is 9.78 Å². The Hall–Kier alpha value is -3.14. The molecule has 0 bridgehead atoms. The predicted octanol–water partition coefficient (Wildman–Crippen LogP) is 1.77. The predicted molar refractivity (Wildman–Crippen MR) is 91.4 cm³/mol. The third-order valence-electron chi connectivity index (χ3n) is 3.46. The molecule has 4 rings (SSSR count). The van der Waals surface area contributed by atoms with Crippen LogP contribution in [0.25, 0.3) is 16.3 Å². The lowest BCUT2D eigenvalue weighted by Crippen LogP contribution is -2.15. The van der Waals surface area contributed by atoms with Crippen LogP contribution in [0.4, 0.5) is 5.13 Å². The molecular weight excluding hydrogens is 342 g/mol. The van der Waals surface area contributed by atoms with E-state index in [1.54, 1.807) is 24.5 Å². The molecule has 0 amide bonds. The second-order valence-electron chi connectivity index (χ2n) is 5.14. The van der Waals surface area contributed by atoms with Gasteiger partial charge in [0.25, 0.3) is 5.56 Å². The minimum Gasteiger partial charge on any atom is -0.351 e. The average molecular weight is 355 g/mol. The first-order chi connectivity index (χ1) is 12.2.